The van der Waals surface area contributed by atoms with Crippen LogP contribution in [0.5, 0.6) is 5.75 Å². The maximum atomic E-state index is 14.1. The first-order valence-electron chi connectivity index (χ1n) is 14.8. The topological polar surface area (TPSA) is 99.8 Å². The quantitative estimate of drug-likeness (QED) is 0.219. The summed E-state index contributed by atoms with van der Waals surface area (Å²) in [6.07, 6.45) is 1.60. The summed E-state index contributed by atoms with van der Waals surface area (Å²) < 4.78 is 42.5. The van der Waals surface area contributed by atoms with Gasteiger partial charge in [-0.15, -0.1) is 0 Å². The summed E-state index contributed by atoms with van der Waals surface area (Å²) >= 11 is 0. The molecule has 0 unspecified atom stereocenters. The molecule has 2 aromatic heterocycles. The van der Waals surface area contributed by atoms with Crippen molar-refractivity contribution in [2.24, 2.45) is 0 Å². The molecule has 0 saturated carbocycles. The monoisotopic (exact) mass is 625 g/mol. The average Bonchev–Trinajstić information content (AvgIpc) is 3.34. The molecule has 3 aromatic carbocycles. The highest BCUT2D eigenvalue weighted by Gasteiger charge is 2.33. The maximum absolute atomic E-state index is 14.1. The summed E-state index contributed by atoms with van der Waals surface area (Å²) in [5.74, 6) is 0.210. The molecular weight excluding hydrogens is 590 g/mol. The Morgan fingerprint density at radius 1 is 0.889 bits per heavy atom. The molecule has 0 aliphatic carbocycles. The minimum Gasteiger partial charge on any atom is -0.489 e. The van der Waals surface area contributed by atoms with E-state index in [2.05, 4.69) is 0 Å². The summed E-state index contributed by atoms with van der Waals surface area (Å²) in [6, 6.07) is 27.2. The third-order valence-electron chi connectivity index (χ3n) is 7.63. The molecule has 6 rings (SSSR count). The number of carbonyl (C=O) groups excluding carboxylic acids is 1. The molecule has 1 aliphatic heterocycles. The molecule has 0 fully saturated rings. The van der Waals surface area contributed by atoms with Crippen LogP contribution in [0, 0.1) is 0 Å². The lowest BCUT2D eigenvalue weighted by Crippen LogP contribution is -2.40. The van der Waals surface area contributed by atoms with E-state index in [1.807, 2.05) is 48.5 Å². The Bertz CT molecular complexity index is 2030. The van der Waals surface area contributed by atoms with Gasteiger partial charge in [0.1, 0.15) is 18.0 Å². The Labute approximate surface area is 262 Å². The SMILES string of the molecule is CC(C)(C)OC(=O)N1CCc2c(n(S(=O)(=O)Cc3ccccc3)c3cc(-n4ccc(OCc5ccccc5)cc4=O)ccc23)C1. The number of amides is 1. The van der Waals surface area contributed by atoms with Gasteiger partial charge in [0.25, 0.3) is 5.56 Å². The molecule has 45 heavy (non-hydrogen) atoms. The zero-order valence-electron chi connectivity index (χ0n) is 25.5. The van der Waals surface area contributed by atoms with Crippen LogP contribution in [0.3, 0.4) is 0 Å². The summed E-state index contributed by atoms with van der Waals surface area (Å²) in [6.45, 7) is 6.20. The van der Waals surface area contributed by atoms with Crippen molar-refractivity contribution in [3.05, 3.63) is 130 Å². The fraction of sp³-hybridized carbons (Fsp3) is 0.257. The maximum Gasteiger partial charge on any atom is 0.410 e. The van der Waals surface area contributed by atoms with Crippen molar-refractivity contribution < 1.29 is 22.7 Å². The second-order valence-corrected chi connectivity index (χ2v) is 13.9. The molecule has 0 bridgehead atoms. The minimum atomic E-state index is -3.94. The Hall–Kier alpha value is -4.83. The predicted octanol–water partition coefficient (Wildman–Crippen LogP) is 6.04. The first kappa shape index (κ1) is 30.2. The molecule has 9 nitrogen and oxygen atoms in total. The van der Waals surface area contributed by atoms with Gasteiger partial charge < -0.3 is 14.4 Å². The smallest absolute Gasteiger partial charge is 0.410 e. The highest BCUT2D eigenvalue weighted by molar-refractivity contribution is 7.89. The van der Waals surface area contributed by atoms with E-state index in [-0.39, 0.29) is 17.9 Å². The van der Waals surface area contributed by atoms with E-state index in [9.17, 15) is 18.0 Å². The van der Waals surface area contributed by atoms with E-state index in [1.54, 1.807) is 68.3 Å². The van der Waals surface area contributed by atoms with Crippen molar-refractivity contribution in [3.8, 4) is 11.4 Å². The van der Waals surface area contributed by atoms with Crippen LogP contribution in [-0.2, 0) is 40.1 Å². The summed E-state index contributed by atoms with van der Waals surface area (Å²) in [4.78, 5) is 27.8. The number of rotatable bonds is 7. The van der Waals surface area contributed by atoms with Crippen LogP contribution in [-0.4, -0.2) is 40.1 Å². The fourth-order valence-corrected chi connectivity index (χ4v) is 7.31. The normalized spacial score (nSPS) is 13.4. The number of pyridine rings is 1. The van der Waals surface area contributed by atoms with Gasteiger partial charge in [-0.1, -0.05) is 66.7 Å². The second kappa shape index (κ2) is 11.9. The first-order chi connectivity index (χ1) is 21.5. The summed E-state index contributed by atoms with van der Waals surface area (Å²) in [7, 11) is -3.94. The second-order valence-electron chi connectivity index (χ2n) is 12.1. The minimum absolute atomic E-state index is 0.0790. The summed E-state index contributed by atoms with van der Waals surface area (Å²) in [5, 5.41) is 0.769. The molecule has 0 atom stereocenters. The van der Waals surface area contributed by atoms with Crippen molar-refractivity contribution in [2.75, 3.05) is 6.54 Å². The van der Waals surface area contributed by atoms with Crippen LogP contribution in [0.25, 0.3) is 16.6 Å². The fourth-order valence-electron chi connectivity index (χ4n) is 5.62. The van der Waals surface area contributed by atoms with Gasteiger partial charge in [-0.05, 0) is 62.1 Å². The van der Waals surface area contributed by atoms with Crippen LogP contribution in [0.1, 0.15) is 43.2 Å². The number of benzene rings is 3. The number of aromatic nitrogens is 2. The van der Waals surface area contributed by atoms with E-state index in [0.717, 1.165) is 16.5 Å². The third kappa shape index (κ3) is 6.51. The van der Waals surface area contributed by atoms with Crippen LogP contribution < -0.4 is 10.3 Å². The van der Waals surface area contributed by atoms with E-state index in [1.165, 1.54) is 14.6 Å². The highest BCUT2D eigenvalue weighted by Crippen LogP contribution is 2.35. The number of ether oxygens (including phenoxy) is 2. The van der Waals surface area contributed by atoms with Crippen molar-refractivity contribution >= 4 is 27.0 Å². The standard InChI is InChI=1S/C35H35N3O6S/c1-35(2,3)44-34(40)36-18-17-30-29-15-14-27(37-19-16-28(21-33(37)39)43-23-25-10-6-4-7-11-25)20-31(29)38(32(30)22-36)45(41,42)24-26-12-8-5-9-13-26/h4-16,19-21H,17-18,22-24H2,1-3H3. The number of hydrogen-bond acceptors (Lipinski definition) is 6. The molecule has 10 heteroatoms. The van der Waals surface area contributed by atoms with Crippen LogP contribution in [0.2, 0.25) is 0 Å². The Balaban J connectivity index is 1.40. The van der Waals surface area contributed by atoms with Gasteiger partial charge in [0.2, 0.25) is 10.0 Å². The van der Waals surface area contributed by atoms with E-state index < -0.39 is 21.7 Å². The van der Waals surface area contributed by atoms with Crippen molar-refractivity contribution in [3.63, 3.8) is 0 Å². The van der Waals surface area contributed by atoms with Crippen molar-refractivity contribution in [1.82, 2.24) is 13.4 Å². The third-order valence-corrected chi connectivity index (χ3v) is 9.30. The van der Waals surface area contributed by atoms with Gasteiger partial charge in [-0.3, -0.25) is 9.36 Å². The van der Waals surface area contributed by atoms with Crippen molar-refractivity contribution in [2.45, 2.75) is 51.7 Å². The molecule has 232 valence electrons. The van der Waals surface area contributed by atoms with Gasteiger partial charge in [-0.25, -0.2) is 17.2 Å². The molecule has 0 saturated heterocycles. The Morgan fingerprint density at radius 3 is 2.24 bits per heavy atom. The van der Waals surface area contributed by atoms with E-state index in [4.69, 9.17) is 9.47 Å². The van der Waals surface area contributed by atoms with Gasteiger partial charge in [0.05, 0.1) is 29.2 Å². The molecule has 5 aromatic rings. The largest absolute Gasteiger partial charge is 0.489 e. The molecule has 1 aliphatic rings. The molecule has 3 heterocycles. The molecule has 0 radical (unpaired) electrons. The van der Waals surface area contributed by atoms with E-state index in [0.29, 0.717) is 47.8 Å². The van der Waals surface area contributed by atoms with Crippen LogP contribution >= 0.6 is 0 Å². The number of hydrogen-bond donors (Lipinski definition) is 0. The van der Waals surface area contributed by atoms with Gasteiger partial charge in [0.15, 0.2) is 0 Å². The predicted molar refractivity (Wildman–Crippen MR) is 173 cm³/mol. The molecule has 0 spiro atoms. The summed E-state index contributed by atoms with van der Waals surface area (Å²) in [5.41, 5.74) is 2.98. The first-order valence-corrected chi connectivity index (χ1v) is 16.4. The average molecular weight is 626 g/mol. The Kier molecular flexibility index (Phi) is 8.01. The van der Waals surface area contributed by atoms with Gasteiger partial charge in [-0.2, -0.15) is 0 Å². The number of fused-ring (bicyclic) bond motifs is 3. The van der Waals surface area contributed by atoms with E-state index >= 15 is 0 Å². The molecule has 1 amide bonds. The Morgan fingerprint density at radius 2 is 1.58 bits per heavy atom. The molecular formula is C35H35N3O6S. The lowest BCUT2D eigenvalue weighted by molar-refractivity contribution is 0.0221. The highest BCUT2D eigenvalue weighted by atomic mass is 32.2. The number of carbonyl (C=O) groups is 1. The zero-order valence-corrected chi connectivity index (χ0v) is 26.3. The lowest BCUT2D eigenvalue weighted by Gasteiger charge is -2.30. The zero-order chi connectivity index (χ0) is 31.8. The van der Waals surface area contributed by atoms with Crippen LogP contribution in [0.4, 0.5) is 4.79 Å². The van der Waals surface area contributed by atoms with Crippen LogP contribution in [0.15, 0.2) is 102 Å². The lowest BCUT2D eigenvalue weighted by atomic mass is 10.0. The van der Waals surface area contributed by atoms with Crippen molar-refractivity contribution in [1.29, 1.82) is 0 Å². The number of nitrogens with zero attached hydrogens (tertiary/aromatic N) is 3. The molecule has 0 N–H and O–H groups in total. The van der Waals surface area contributed by atoms with Gasteiger partial charge >= 0.3 is 6.09 Å². The van der Waals surface area contributed by atoms with Gasteiger partial charge in [0, 0.05) is 24.2 Å².